The first kappa shape index (κ1) is 19.8. The summed E-state index contributed by atoms with van der Waals surface area (Å²) in [5.74, 6) is 0.938. The summed E-state index contributed by atoms with van der Waals surface area (Å²) in [7, 11) is 3.14. The Bertz CT molecular complexity index is 924. The van der Waals surface area contributed by atoms with Crippen molar-refractivity contribution < 1.29 is 19.1 Å². The van der Waals surface area contributed by atoms with Gasteiger partial charge in [-0.2, -0.15) is 0 Å². The molecular formula is C20H18INO4S. The van der Waals surface area contributed by atoms with Gasteiger partial charge in [0.05, 0.1) is 29.2 Å². The second-order valence-electron chi connectivity index (χ2n) is 5.99. The number of hydrogen-bond donors (Lipinski definition) is 0. The van der Waals surface area contributed by atoms with Crippen LogP contribution in [0, 0.1) is 10.5 Å². The second-order valence-corrected chi connectivity index (χ2v) is 8.15. The molecule has 0 aliphatic carbocycles. The lowest BCUT2D eigenvalue weighted by Crippen LogP contribution is -2.27. The fourth-order valence-electron chi connectivity index (χ4n) is 2.68. The van der Waals surface area contributed by atoms with E-state index in [0.717, 1.165) is 32.0 Å². The first-order valence-electron chi connectivity index (χ1n) is 8.15. The van der Waals surface area contributed by atoms with Gasteiger partial charge in [0.15, 0.2) is 11.5 Å². The molecule has 0 spiro atoms. The van der Waals surface area contributed by atoms with Crippen molar-refractivity contribution in [3.8, 4) is 11.5 Å². The van der Waals surface area contributed by atoms with Crippen LogP contribution in [0.15, 0.2) is 41.3 Å². The fourth-order valence-corrected chi connectivity index (χ4v) is 4.37. The van der Waals surface area contributed by atoms with Gasteiger partial charge in [-0.3, -0.25) is 14.5 Å². The highest BCUT2D eigenvalue weighted by atomic mass is 127. The molecular weight excluding hydrogens is 477 g/mol. The highest BCUT2D eigenvalue weighted by Gasteiger charge is 2.35. The number of nitrogens with zero attached hydrogens (tertiary/aromatic N) is 1. The van der Waals surface area contributed by atoms with Gasteiger partial charge in [-0.1, -0.05) is 29.8 Å². The van der Waals surface area contributed by atoms with E-state index in [9.17, 15) is 9.59 Å². The van der Waals surface area contributed by atoms with Gasteiger partial charge in [-0.25, -0.2) is 0 Å². The van der Waals surface area contributed by atoms with Crippen molar-refractivity contribution in [1.29, 1.82) is 0 Å². The Hall–Kier alpha value is -2.00. The van der Waals surface area contributed by atoms with Gasteiger partial charge in [0.25, 0.3) is 11.1 Å². The van der Waals surface area contributed by atoms with E-state index in [0.29, 0.717) is 16.4 Å². The van der Waals surface area contributed by atoms with Gasteiger partial charge < -0.3 is 9.47 Å². The van der Waals surface area contributed by atoms with Gasteiger partial charge >= 0.3 is 0 Å². The Balaban J connectivity index is 1.86. The minimum absolute atomic E-state index is 0.262. The molecule has 2 aromatic carbocycles. The third-order valence-electron chi connectivity index (χ3n) is 4.09. The average Bonchev–Trinajstić information content (AvgIpc) is 2.90. The molecule has 1 fully saturated rings. The number of ether oxygens (including phenoxy) is 2. The van der Waals surface area contributed by atoms with Crippen molar-refractivity contribution in [3.63, 3.8) is 0 Å². The number of halogens is 1. The molecule has 7 heteroatoms. The lowest BCUT2D eigenvalue weighted by atomic mass is 10.1. The number of imide groups is 1. The minimum atomic E-state index is -0.282. The third-order valence-corrected chi connectivity index (χ3v) is 5.80. The van der Waals surface area contributed by atoms with E-state index in [1.165, 1.54) is 4.90 Å². The number of aryl methyl sites for hydroxylation is 1. The highest BCUT2D eigenvalue weighted by molar-refractivity contribution is 14.1. The molecule has 5 nitrogen and oxygen atoms in total. The second kappa shape index (κ2) is 8.35. The minimum Gasteiger partial charge on any atom is -0.493 e. The van der Waals surface area contributed by atoms with Gasteiger partial charge in [-0.15, -0.1) is 0 Å². The molecule has 3 rings (SSSR count). The lowest BCUT2D eigenvalue weighted by Gasteiger charge is -2.12. The number of rotatable bonds is 5. The van der Waals surface area contributed by atoms with E-state index < -0.39 is 0 Å². The molecule has 2 aromatic rings. The molecule has 0 N–H and O–H groups in total. The molecule has 1 aliphatic heterocycles. The normalized spacial score (nSPS) is 15.6. The monoisotopic (exact) mass is 495 g/mol. The molecule has 1 heterocycles. The van der Waals surface area contributed by atoms with E-state index in [4.69, 9.17) is 9.47 Å². The molecule has 0 aromatic heterocycles. The summed E-state index contributed by atoms with van der Waals surface area (Å²) in [5.41, 5.74) is 2.83. The van der Waals surface area contributed by atoms with Crippen LogP contribution in [0.1, 0.15) is 16.7 Å². The lowest BCUT2D eigenvalue weighted by molar-refractivity contribution is -0.123. The quantitative estimate of drug-likeness (QED) is 0.439. The molecule has 0 radical (unpaired) electrons. The Morgan fingerprint density at radius 2 is 1.81 bits per heavy atom. The van der Waals surface area contributed by atoms with Gasteiger partial charge in [-0.05, 0) is 70.6 Å². The molecule has 2 amide bonds. The van der Waals surface area contributed by atoms with E-state index in [2.05, 4.69) is 22.6 Å². The molecule has 0 atom stereocenters. The number of carbonyl (C=O) groups excluding carboxylic acids is 2. The highest BCUT2D eigenvalue weighted by Crippen LogP contribution is 2.37. The van der Waals surface area contributed by atoms with Crippen LogP contribution < -0.4 is 9.47 Å². The van der Waals surface area contributed by atoms with Crippen molar-refractivity contribution in [3.05, 3.63) is 61.6 Å². The van der Waals surface area contributed by atoms with Crippen LogP contribution in [0.2, 0.25) is 0 Å². The summed E-state index contributed by atoms with van der Waals surface area (Å²) in [6, 6.07) is 11.5. The molecule has 1 saturated heterocycles. The van der Waals surface area contributed by atoms with E-state index in [1.807, 2.05) is 37.3 Å². The van der Waals surface area contributed by atoms with Crippen LogP contribution in [-0.4, -0.2) is 30.3 Å². The molecule has 0 bridgehead atoms. The van der Waals surface area contributed by atoms with Crippen molar-refractivity contribution in [1.82, 2.24) is 4.90 Å². The summed E-state index contributed by atoms with van der Waals surface area (Å²) in [5, 5.41) is -0.262. The Kier molecular flexibility index (Phi) is 6.11. The number of hydrogen-bond acceptors (Lipinski definition) is 5. The predicted octanol–water partition coefficient (Wildman–Crippen LogP) is 4.85. The maximum atomic E-state index is 12.7. The summed E-state index contributed by atoms with van der Waals surface area (Å²) >= 11 is 3.10. The average molecular weight is 495 g/mol. The number of carbonyl (C=O) groups is 2. The van der Waals surface area contributed by atoms with Crippen LogP contribution in [0.4, 0.5) is 4.79 Å². The van der Waals surface area contributed by atoms with Crippen molar-refractivity contribution in [2.75, 3.05) is 14.2 Å². The van der Waals surface area contributed by atoms with Crippen molar-refractivity contribution in [2.45, 2.75) is 13.5 Å². The van der Waals surface area contributed by atoms with Crippen LogP contribution in [-0.2, 0) is 11.3 Å². The number of thioether (sulfide) groups is 1. The van der Waals surface area contributed by atoms with Gasteiger partial charge in [0, 0.05) is 0 Å². The van der Waals surface area contributed by atoms with Gasteiger partial charge in [0.1, 0.15) is 0 Å². The molecule has 140 valence electrons. The Morgan fingerprint density at radius 1 is 1.11 bits per heavy atom. The van der Waals surface area contributed by atoms with E-state index >= 15 is 0 Å². The van der Waals surface area contributed by atoms with Crippen LogP contribution >= 0.6 is 34.4 Å². The zero-order valence-electron chi connectivity index (χ0n) is 15.1. The SMILES string of the molecule is COc1cc(/C=C2/SC(=O)N(Cc3ccc(C)cc3)C2=O)cc(I)c1OC. The Labute approximate surface area is 175 Å². The van der Waals surface area contributed by atoms with Crippen LogP contribution in [0.3, 0.4) is 0 Å². The molecule has 0 unspecified atom stereocenters. The third kappa shape index (κ3) is 4.30. The zero-order valence-corrected chi connectivity index (χ0v) is 18.1. The van der Waals surface area contributed by atoms with Crippen LogP contribution in [0.5, 0.6) is 11.5 Å². The molecule has 27 heavy (non-hydrogen) atoms. The molecule has 0 saturated carbocycles. The maximum Gasteiger partial charge on any atom is 0.293 e. The number of benzene rings is 2. The summed E-state index contributed by atoms with van der Waals surface area (Å²) in [6.45, 7) is 2.27. The fraction of sp³-hybridized carbons (Fsp3) is 0.200. The topological polar surface area (TPSA) is 55.8 Å². The van der Waals surface area contributed by atoms with Crippen molar-refractivity contribution in [2.24, 2.45) is 0 Å². The van der Waals surface area contributed by atoms with Gasteiger partial charge in [0.2, 0.25) is 0 Å². The summed E-state index contributed by atoms with van der Waals surface area (Å²) in [4.78, 5) is 26.7. The number of amides is 2. The maximum absolute atomic E-state index is 12.7. The van der Waals surface area contributed by atoms with Crippen molar-refractivity contribution >= 4 is 51.6 Å². The van der Waals surface area contributed by atoms with Crippen LogP contribution in [0.25, 0.3) is 6.08 Å². The van der Waals surface area contributed by atoms with E-state index in [1.54, 1.807) is 26.4 Å². The molecule has 1 aliphatic rings. The first-order chi connectivity index (χ1) is 12.9. The zero-order chi connectivity index (χ0) is 19.6. The smallest absolute Gasteiger partial charge is 0.293 e. The largest absolute Gasteiger partial charge is 0.493 e. The standard InChI is InChI=1S/C20H18INO4S/c1-12-4-6-13(7-5-12)11-22-19(23)17(27-20(22)24)10-14-8-15(21)18(26-3)16(9-14)25-2/h4-10H,11H2,1-3H3/b17-10+. The Morgan fingerprint density at radius 3 is 2.44 bits per heavy atom. The van der Waals surface area contributed by atoms with E-state index in [-0.39, 0.29) is 17.7 Å². The summed E-state index contributed by atoms with van der Waals surface area (Å²) in [6.07, 6.45) is 1.71. The first-order valence-corrected chi connectivity index (χ1v) is 10.0. The summed E-state index contributed by atoms with van der Waals surface area (Å²) < 4.78 is 11.5. The predicted molar refractivity (Wildman–Crippen MR) is 115 cm³/mol. The number of methoxy groups -OCH3 is 2.